The minimum absolute atomic E-state index is 0.349. The minimum Gasteiger partial charge on any atom is -0.450 e. The number of nitriles is 1. The predicted molar refractivity (Wildman–Crippen MR) is 77.2 cm³/mol. The Hall–Kier alpha value is -3.09. The summed E-state index contributed by atoms with van der Waals surface area (Å²) in [7, 11) is 0. The number of hydrogen-bond acceptors (Lipinski definition) is 5. The molecule has 0 saturated heterocycles. The van der Waals surface area contributed by atoms with E-state index in [4.69, 9.17) is 14.4 Å². The lowest BCUT2D eigenvalue weighted by Crippen LogP contribution is -1.83. The summed E-state index contributed by atoms with van der Waals surface area (Å²) in [4.78, 5) is 14.3. The molecule has 1 heterocycles. The van der Waals surface area contributed by atoms with Gasteiger partial charge in [-0.25, -0.2) is 4.79 Å². The van der Waals surface area contributed by atoms with Crippen LogP contribution < -0.4 is 4.74 Å². The highest BCUT2D eigenvalue weighted by molar-refractivity contribution is 6.10. The number of aryl methyl sites for hydroxylation is 2. The Morgan fingerprint density at radius 3 is 2.43 bits per heavy atom. The van der Waals surface area contributed by atoms with Crippen LogP contribution in [0.1, 0.15) is 11.1 Å². The van der Waals surface area contributed by atoms with E-state index in [0.717, 1.165) is 21.9 Å². The average Bonchev–Trinajstić information content (AvgIpc) is 2.78. The Kier molecular flexibility index (Phi) is 2.94. The maximum atomic E-state index is 10.6. The molecule has 0 aliphatic rings. The summed E-state index contributed by atoms with van der Waals surface area (Å²) in [6, 6.07) is 7.36. The van der Waals surface area contributed by atoms with Crippen molar-refractivity contribution in [1.29, 1.82) is 5.26 Å². The highest BCUT2D eigenvalue weighted by Crippen LogP contribution is 2.40. The van der Waals surface area contributed by atoms with Crippen molar-refractivity contribution in [2.24, 2.45) is 4.99 Å². The summed E-state index contributed by atoms with van der Waals surface area (Å²) >= 11 is 0. The van der Waals surface area contributed by atoms with Gasteiger partial charge >= 0.3 is 0 Å². The van der Waals surface area contributed by atoms with Gasteiger partial charge in [0, 0.05) is 10.8 Å². The van der Waals surface area contributed by atoms with Gasteiger partial charge in [-0.3, -0.25) is 0 Å². The first kappa shape index (κ1) is 12.9. The highest BCUT2D eigenvalue weighted by atomic mass is 16.5. The fourth-order valence-corrected chi connectivity index (χ4v) is 2.47. The van der Waals surface area contributed by atoms with Crippen LogP contribution in [0, 0.1) is 25.4 Å². The second-order valence-electron chi connectivity index (χ2n) is 4.80. The summed E-state index contributed by atoms with van der Waals surface area (Å²) < 4.78 is 10.7. The number of ether oxygens (including phenoxy) is 1. The van der Waals surface area contributed by atoms with Crippen molar-refractivity contribution in [2.75, 3.05) is 0 Å². The van der Waals surface area contributed by atoms with Gasteiger partial charge in [-0.2, -0.15) is 4.99 Å². The van der Waals surface area contributed by atoms with E-state index < -0.39 is 0 Å². The molecule has 1 aromatic heterocycles. The van der Waals surface area contributed by atoms with Gasteiger partial charge in [-0.05, 0) is 49.2 Å². The molecule has 3 rings (SSSR count). The van der Waals surface area contributed by atoms with Crippen LogP contribution in [-0.2, 0) is 4.79 Å². The fraction of sp³-hybridized carbons (Fsp3) is 0.125. The van der Waals surface area contributed by atoms with Gasteiger partial charge in [0.05, 0.1) is 0 Å². The lowest BCUT2D eigenvalue weighted by molar-refractivity contribution is 0.498. The van der Waals surface area contributed by atoms with Crippen LogP contribution in [0.5, 0.6) is 5.75 Å². The van der Waals surface area contributed by atoms with Crippen molar-refractivity contribution in [3.05, 3.63) is 35.4 Å². The Morgan fingerprint density at radius 2 is 1.76 bits per heavy atom. The lowest BCUT2D eigenvalue weighted by Gasteiger charge is -1.99. The van der Waals surface area contributed by atoms with Crippen molar-refractivity contribution in [3.8, 4) is 12.0 Å². The molecule has 0 aliphatic heterocycles. The van der Waals surface area contributed by atoms with Crippen molar-refractivity contribution >= 4 is 33.7 Å². The molecule has 0 saturated carbocycles. The summed E-state index contributed by atoms with van der Waals surface area (Å²) in [5.41, 5.74) is 3.25. The Morgan fingerprint density at radius 1 is 1.10 bits per heavy atom. The van der Waals surface area contributed by atoms with Crippen LogP contribution in [-0.4, -0.2) is 6.08 Å². The molecule has 0 spiro atoms. The second-order valence-corrected chi connectivity index (χ2v) is 4.80. The summed E-state index contributed by atoms with van der Waals surface area (Å²) in [6.07, 6.45) is 3.18. The van der Waals surface area contributed by atoms with Gasteiger partial charge in [0.1, 0.15) is 5.69 Å². The van der Waals surface area contributed by atoms with Gasteiger partial charge < -0.3 is 9.15 Å². The molecule has 2 aromatic carbocycles. The van der Waals surface area contributed by atoms with E-state index in [1.165, 1.54) is 6.08 Å². The van der Waals surface area contributed by atoms with Crippen LogP contribution >= 0.6 is 0 Å². The molecule has 0 aliphatic carbocycles. The summed E-state index contributed by atoms with van der Waals surface area (Å²) in [5.74, 6) is 0.349. The van der Waals surface area contributed by atoms with Gasteiger partial charge in [0.15, 0.2) is 16.9 Å². The largest absolute Gasteiger partial charge is 0.450 e. The van der Waals surface area contributed by atoms with Crippen LogP contribution in [0.2, 0.25) is 0 Å². The maximum Gasteiger partial charge on any atom is 0.292 e. The average molecular weight is 278 g/mol. The highest BCUT2D eigenvalue weighted by Gasteiger charge is 2.16. The molecule has 5 heteroatoms. The van der Waals surface area contributed by atoms with E-state index in [1.54, 1.807) is 18.4 Å². The fourth-order valence-electron chi connectivity index (χ4n) is 2.47. The first-order valence-electron chi connectivity index (χ1n) is 6.25. The van der Waals surface area contributed by atoms with E-state index in [-0.39, 0.29) is 0 Å². The van der Waals surface area contributed by atoms with Crippen LogP contribution in [0.4, 0.5) is 5.69 Å². The van der Waals surface area contributed by atoms with Crippen molar-refractivity contribution in [1.82, 2.24) is 0 Å². The number of isocyanates is 1. The van der Waals surface area contributed by atoms with E-state index >= 15 is 0 Å². The van der Waals surface area contributed by atoms with Crippen LogP contribution in [0.25, 0.3) is 21.9 Å². The molecule has 0 unspecified atom stereocenters. The normalized spacial score (nSPS) is 10.3. The smallest absolute Gasteiger partial charge is 0.292 e. The third-order valence-corrected chi connectivity index (χ3v) is 3.23. The van der Waals surface area contributed by atoms with E-state index in [2.05, 4.69) is 4.99 Å². The third kappa shape index (κ3) is 2.04. The maximum absolute atomic E-state index is 10.6. The molecule has 0 bridgehead atoms. The molecular formula is C16H10N2O3. The van der Waals surface area contributed by atoms with Gasteiger partial charge in [-0.1, -0.05) is 0 Å². The lowest BCUT2D eigenvalue weighted by atomic mass is 10.1. The monoisotopic (exact) mass is 278 g/mol. The zero-order chi connectivity index (χ0) is 15.0. The Labute approximate surface area is 120 Å². The van der Waals surface area contributed by atoms with Crippen molar-refractivity contribution < 1.29 is 13.9 Å². The van der Waals surface area contributed by atoms with E-state index in [1.807, 2.05) is 26.0 Å². The third-order valence-electron chi connectivity index (χ3n) is 3.23. The molecule has 0 fully saturated rings. The molecule has 0 amide bonds. The number of hydrogen-bond donors (Lipinski definition) is 0. The zero-order valence-corrected chi connectivity index (χ0v) is 11.4. The number of furan rings is 1. The zero-order valence-electron chi connectivity index (χ0n) is 11.4. The Bertz CT molecular complexity index is 957. The predicted octanol–water partition coefficient (Wildman–Crippen LogP) is 4.03. The second kappa shape index (κ2) is 4.78. The molecule has 21 heavy (non-hydrogen) atoms. The van der Waals surface area contributed by atoms with Gasteiger partial charge in [-0.15, -0.1) is 5.26 Å². The van der Waals surface area contributed by atoms with Crippen molar-refractivity contribution in [2.45, 2.75) is 13.8 Å². The number of nitrogens with zero attached hydrogens (tertiary/aromatic N) is 2. The molecule has 0 N–H and O–H groups in total. The summed E-state index contributed by atoms with van der Waals surface area (Å²) in [5, 5.41) is 10.4. The van der Waals surface area contributed by atoms with Crippen molar-refractivity contribution in [3.63, 3.8) is 0 Å². The SMILES string of the molecule is Cc1cc(N=C=O)c2oc3c(OC#N)cc(C)cc3c2c1. The molecule has 5 nitrogen and oxygen atoms in total. The first-order chi connectivity index (χ1) is 10.1. The van der Waals surface area contributed by atoms with Crippen LogP contribution in [0.3, 0.4) is 0 Å². The standard InChI is InChI=1S/C16H10N2O3/c1-9-3-11-12-4-10(2)6-14(20-7-17)16(12)21-15(11)13(5-9)18-8-19/h3-6H,1-2H3. The topological polar surface area (TPSA) is 75.6 Å². The molecular weight excluding hydrogens is 268 g/mol. The number of fused-ring (bicyclic) bond motifs is 3. The quantitative estimate of drug-likeness (QED) is 0.403. The van der Waals surface area contributed by atoms with Gasteiger partial charge in [0.2, 0.25) is 6.08 Å². The van der Waals surface area contributed by atoms with E-state index in [0.29, 0.717) is 22.6 Å². The summed E-state index contributed by atoms with van der Waals surface area (Å²) in [6.45, 7) is 3.81. The van der Waals surface area contributed by atoms with Crippen LogP contribution in [0.15, 0.2) is 33.7 Å². The Balaban J connectivity index is 2.50. The van der Waals surface area contributed by atoms with E-state index in [9.17, 15) is 4.79 Å². The molecule has 0 atom stereocenters. The minimum atomic E-state index is 0.349. The number of rotatable bonds is 2. The first-order valence-corrected chi connectivity index (χ1v) is 6.25. The molecule has 3 aromatic rings. The number of aliphatic imine (C=N–C) groups is 1. The molecule has 0 radical (unpaired) electrons. The number of carbonyl (C=O) groups excluding carboxylic acids is 1. The van der Waals surface area contributed by atoms with Gasteiger partial charge in [0.25, 0.3) is 6.26 Å². The number of benzene rings is 2. The molecule has 102 valence electrons.